The third kappa shape index (κ3) is 3.47. The van der Waals surface area contributed by atoms with Gasteiger partial charge in [-0.3, -0.25) is 5.43 Å². The Kier molecular flexibility index (Phi) is 5.19. The summed E-state index contributed by atoms with van der Waals surface area (Å²) in [4.78, 5) is 0. The zero-order valence-electron chi connectivity index (χ0n) is 11.9. The van der Waals surface area contributed by atoms with Crippen LogP contribution in [0.5, 0.6) is 5.75 Å². The summed E-state index contributed by atoms with van der Waals surface area (Å²) in [6.07, 6.45) is 2.26. The number of hydrazine groups is 1. The number of nitrogens with one attached hydrogen (secondary N) is 2. The maximum Gasteiger partial charge on any atom is 0.119 e. The van der Waals surface area contributed by atoms with E-state index in [1.165, 1.54) is 5.56 Å². The molecule has 4 N–H and O–H groups in total. The van der Waals surface area contributed by atoms with E-state index in [9.17, 15) is 0 Å². The standard InChI is InChI=1S/C15H25N3O/c1-3-4-9-19-13-7-5-12(6-8-13)15-14(10-16)11(2)17-18-15/h5-8,11,14-15,17-18H,3-4,9-10,16H2,1-2H3. The van der Waals surface area contributed by atoms with Crippen molar-refractivity contribution in [3.8, 4) is 5.75 Å². The Balaban J connectivity index is 1.98. The second kappa shape index (κ2) is 6.89. The highest BCUT2D eigenvalue weighted by Gasteiger charge is 2.32. The summed E-state index contributed by atoms with van der Waals surface area (Å²) >= 11 is 0. The van der Waals surface area contributed by atoms with Gasteiger partial charge in [0.25, 0.3) is 0 Å². The summed E-state index contributed by atoms with van der Waals surface area (Å²) in [5, 5.41) is 0. The second-order valence-electron chi connectivity index (χ2n) is 5.23. The molecule has 1 aromatic rings. The van der Waals surface area contributed by atoms with Crippen molar-refractivity contribution in [1.82, 2.24) is 10.9 Å². The maximum atomic E-state index is 5.86. The summed E-state index contributed by atoms with van der Waals surface area (Å²) in [6, 6.07) is 9.02. The molecular formula is C15H25N3O. The molecule has 0 bridgehead atoms. The second-order valence-corrected chi connectivity index (χ2v) is 5.23. The first-order chi connectivity index (χ1) is 9.26. The molecule has 0 amide bonds. The van der Waals surface area contributed by atoms with Crippen LogP contribution in [0.25, 0.3) is 0 Å². The minimum absolute atomic E-state index is 0.282. The van der Waals surface area contributed by atoms with E-state index in [1.807, 2.05) is 12.1 Å². The van der Waals surface area contributed by atoms with Gasteiger partial charge in [-0.05, 0) is 37.6 Å². The molecule has 0 aromatic heterocycles. The van der Waals surface area contributed by atoms with Gasteiger partial charge in [-0.25, -0.2) is 5.43 Å². The molecule has 2 rings (SSSR count). The SMILES string of the molecule is CCCCOc1ccc(C2NNC(C)C2CN)cc1. The van der Waals surface area contributed by atoms with Crippen molar-refractivity contribution in [2.24, 2.45) is 11.7 Å². The predicted molar refractivity (Wildman–Crippen MR) is 77.9 cm³/mol. The van der Waals surface area contributed by atoms with Crippen molar-refractivity contribution < 1.29 is 4.74 Å². The molecule has 3 atom stereocenters. The van der Waals surface area contributed by atoms with Crippen LogP contribution < -0.4 is 21.3 Å². The fraction of sp³-hybridized carbons (Fsp3) is 0.600. The van der Waals surface area contributed by atoms with E-state index in [-0.39, 0.29) is 6.04 Å². The van der Waals surface area contributed by atoms with E-state index in [0.717, 1.165) is 25.2 Å². The quantitative estimate of drug-likeness (QED) is 0.687. The van der Waals surface area contributed by atoms with E-state index < -0.39 is 0 Å². The smallest absolute Gasteiger partial charge is 0.119 e. The van der Waals surface area contributed by atoms with Crippen molar-refractivity contribution in [3.05, 3.63) is 29.8 Å². The lowest BCUT2D eigenvalue weighted by atomic mass is 9.90. The molecule has 1 saturated heterocycles. The number of hydrogen-bond acceptors (Lipinski definition) is 4. The number of ether oxygens (including phenoxy) is 1. The zero-order valence-corrected chi connectivity index (χ0v) is 11.9. The third-order valence-electron chi connectivity index (χ3n) is 3.81. The molecule has 1 aliphatic heterocycles. The summed E-state index contributed by atoms with van der Waals surface area (Å²) in [6.45, 7) is 5.80. The Labute approximate surface area is 115 Å². The van der Waals surface area contributed by atoms with Gasteiger partial charge in [0.15, 0.2) is 0 Å². The Bertz CT molecular complexity index is 379. The molecule has 0 saturated carbocycles. The molecule has 0 spiro atoms. The Hall–Kier alpha value is -1.10. The Morgan fingerprint density at radius 2 is 1.95 bits per heavy atom. The van der Waals surface area contributed by atoms with E-state index in [2.05, 4.69) is 36.8 Å². The summed E-state index contributed by atoms with van der Waals surface area (Å²) in [5.74, 6) is 1.37. The highest BCUT2D eigenvalue weighted by molar-refractivity contribution is 5.30. The van der Waals surface area contributed by atoms with Gasteiger partial charge in [0.1, 0.15) is 5.75 Å². The molecule has 19 heavy (non-hydrogen) atoms. The molecule has 0 aliphatic carbocycles. The maximum absolute atomic E-state index is 5.86. The molecular weight excluding hydrogens is 238 g/mol. The number of nitrogens with two attached hydrogens (primary N) is 1. The number of benzene rings is 1. The third-order valence-corrected chi connectivity index (χ3v) is 3.81. The first kappa shape index (κ1) is 14.3. The van der Waals surface area contributed by atoms with Crippen LogP contribution in [-0.4, -0.2) is 19.2 Å². The van der Waals surface area contributed by atoms with Crippen LogP contribution in [0.1, 0.15) is 38.3 Å². The zero-order chi connectivity index (χ0) is 13.7. The van der Waals surface area contributed by atoms with Crippen molar-refractivity contribution >= 4 is 0 Å². The van der Waals surface area contributed by atoms with Gasteiger partial charge >= 0.3 is 0 Å². The fourth-order valence-corrected chi connectivity index (χ4v) is 2.50. The normalized spacial score (nSPS) is 26.6. The van der Waals surface area contributed by atoms with E-state index in [4.69, 9.17) is 10.5 Å². The monoisotopic (exact) mass is 263 g/mol. The lowest BCUT2D eigenvalue weighted by molar-refractivity contribution is 0.309. The molecule has 1 heterocycles. The highest BCUT2D eigenvalue weighted by atomic mass is 16.5. The highest BCUT2D eigenvalue weighted by Crippen LogP contribution is 2.28. The molecule has 4 heteroatoms. The van der Waals surface area contributed by atoms with Crippen molar-refractivity contribution in [1.29, 1.82) is 0 Å². The number of hydrogen-bond donors (Lipinski definition) is 3. The van der Waals surface area contributed by atoms with Crippen LogP contribution >= 0.6 is 0 Å². The summed E-state index contributed by atoms with van der Waals surface area (Å²) < 4.78 is 5.68. The molecule has 3 unspecified atom stereocenters. The number of unbranched alkanes of at least 4 members (excludes halogenated alkanes) is 1. The fourth-order valence-electron chi connectivity index (χ4n) is 2.50. The van der Waals surface area contributed by atoms with Gasteiger partial charge in [-0.15, -0.1) is 0 Å². The Morgan fingerprint density at radius 1 is 1.21 bits per heavy atom. The average molecular weight is 263 g/mol. The Morgan fingerprint density at radius 3 is 2.58 bits per heavy atom. The first-order valence-corrected chi connectivity index (χ1v) is 7.20. The first-order valence-electron chi connectivity index (χ1n) is 7.20. The summed E-state index contributed by atoms with van der Waals surface area (Å²) in [7, 11) is 0. The molecule has 106 valence electrons. The van der Waals surface area contributed by atoms with Crippen molar-refractivity contribution in [2.75, 3.05) is 13.2 Å². The van der Waals surface area contributed by atoms with E-state index >= 15 is 0 Å². The summed E-state index contributed by atoms with van der Waals surface area (Å²) in [5.41, 5.74) is 13.7. The predicted octanol–water partition coefficient (Wildman–Crippen LogP) is 1.98. The van der Waals surface area contributed by atoms with Gasteiger partial charge in [0.05, 0.1) is 12.6 Å². The van der Waals surface area contributed by atoms with E-state index in [1.54, 1.807) is 0 Å². The average Bonchev–Trinajstić information content (AvgIpc) is 2.81. The topological polar surface area (TPSA) is 59.3 Å². The minimum Gasteiger partial charge on any atom is -0.494 e. The van der Waals surface area contributed by atoms with Gasteiger partial charge in [-0.2, -0.15) is 0 Å². The van der Waals surface area contributed by atoms with Gasteiger partial charge < -0.3 is 10.5 Å². The lowest BCUT2D eigenvalue weighted by Crippen LogP contribution is -2.30. The van der Waals surface area contributed by atoms with Crippen LogP contribution in [-0.2, 0) is 0 Å². The number of rotatable bonds is 6. The van der Waals surface area contributed by atoms with Gasteiger partial charge in [0, 0.05) is 12.0 Å². The van der Waals surface area contributed by atoms with Crippen molar-refractivity contribution in [2.45, 2.75) is 38.8 Å². The molecule has 1 aromatic carbocycles. The molecule has 1 aliphatic rings. The van der Waals surface area contributed by atoms with Crippen LogP contribution in [0.15, 0.2) is 24.3 Å². The van der Waals surface area contributed by atoms with Crippen LogP contribution in [0.4, 0.5) is 0 Å². The van der Waals surface area contributed by atoms with Crippen LogP contribution in [0.2, 0.25) is 0 Å². The molecule has 4 nitrogen and oxygen atoms in total. The van der Waals surface area contributed by atoms with Crippen molar-refractivity contribution in [3.63, 3.8) is 0 Å². The minimum atomic E-state index is 0.282. The molecule has 0 radical (unpaired) electrons. The lowest BCUT2D eigenvalue weighted by Gasteiger charge is -2.19. The molecule has 1 fully saturated rings. The van der Waals surface area contributed by atoms with Crippen LogP contribution in [0, 0.1) is 5.92 Å². The van der Waals surface area contributed by atoms with Gasteiger partial charge in [-0.1, -0.05) is 25.5 Å². The van der Waals surface area contributed by atoms with Gasteiger partial charge in [0.2, 0.25) is 0 Å². The van der Waals surface area contributed by atoms with Crippen LogP contribution in [0.3, 0.4) is 0 Å². The largest absolute Gasteiger partial charge is 0.494 e. The van der Waals surface area contributed by atoms with E-state index in [0.29, 0.717) is 18.5 Å².